The minimum absolute atomic E-state index is 0.175. The second-order valence-electron chi connectivity index (χ2n) is 6.36. The summed E-state index contributed by atoms with van der Waals surface area (Å²) in [5.74, 6) is 0.995. The summed E-state index contributed by atoms with van der Waals surface area (Å²) < 4.78 is 6.09. The van der Waals surface area contributed by atoms with Crippen LogP contribution in [0.5, 0.6) is 5.75 Å². The zero-order valence-electron chi connectivity index (χ0n) is 13.5. The smallest absolute Gasteiger partial charge is 0.122 e. The maximum absolute atomic E-state index is 6.09. The predicted molar refractivity (Wildman–Crippen MR) is 83.1 cm³/mol. The van der Waals surface area contributed by atoms with E-state index in [1.807, 2.05) is 7.05 Å². The summed E-state index contributed by atoms with van der Waals surface area (Å²) >= 11 is 0. The highest BCUT2D eigenvalue weighted by Crippen LogP contribution is 2.28. The molecular formula is C17H29NO. The molecule has 0 aliphatic rings. The van der Waals surface area contributed by atoms with Gasteiger partial charge in [-0.25, -0.2) is 0 Å². The topological polar surface area (TPSA) is 21.3 Å². The fourth-order valence-electron chi connectivity index (χ4n) is 2.30. The van der Waals surface area contributed by atoms with E-state index in [9.17, 15) is 0 Å². The van der Waals surface area contributed by atoms with Crippen molar-refractivity contribution >= 4 is 0 Å². The van der Waals surface area contributed by atoms with E-state index in [-0.39, 0.29) is 11.5 Å². The zero-order valence-corrected chi connectivity index (χ0v) is 13.5. The molecule has 0 heterocycles. The standard InChI is InChI=1S/C17H29NO/c1-8-15(18-7)13(3)19-16-10-9-14(11-12(16)2)17(4,5)6/h9-11,13,15,18H,8H2,1-7H3. The van der Waals surface area contributed by atoms with Crippen molar-refractivity contribution in [2.45, 2.75) is 65.5 Å². The number of rotatable bonds is 5. The Bertz CT molecular complexity index is 402. The zero-order chi connectivity index (χ0) is 14.6. The van der Waals surface area contributed by atoms with E-state index in [0.717, 1.165) is 12.2 Å². The van der Waals surface area contributed by atoms with Crippen molar-refractivity contribution in [2.75, 3.05) is 7.05 Å². The summed E-state index contributed by atoms with van der Waals surface area (Å²) in [6.45, 7) is 13.1. The summed E-state index contributed by atoms with van der Waals surface area (Å²) in [6.07, 6.45) is 1.24. The van der Waals surface area contributed by atoms with Crippen LogP contribution in [-0.2, 0) is 5.41 Å². The average molecular weight is 263 g/mol. The summed E-state index contributed by atoms with van der Waals surface area (Å²) in [7, 11) is 1.99. The molecule has 0 radical (unpaired) electrons. The first-order valence-corrected chi connectivity index (χ1v) is 7.24. The van der Waals surface area contributed by atoms with Gasteiger partial charge in [0.25, 0.3) is 0 Å². The Kier molecular flexibility index (Phi) is 5.42. The van der Waals surface area contributed by atoms with Crippen molar-refractivity contribution in [1.29, 1.82) is 0 Å². The van der Waals surface area contributed by atoms with Crippen molar-refractivity contribution in [1.82, 2.24) is 5.32 Å². The second kappa shape index (κ2) is 6.42. The van der Waals surface area contributed by atoms with Gasteiger partial charge in [-0.3, -0.25) is 0 Å². The normalized spacial score (nSPS) is 15.1. The van der Waals surface area contributed by atoms with Crippen LogP contribution in [0.4, 0.5) is 0 Å². The van der Waals surface area contributed by atoms with E-state index in [1.165, 1.54) is 11.1 Å². The van der Waals surface area contributed by atoms with Crippen molar-refractivity contribution in [3.8, 4) is 5.75 Å². The van der Waals surface area contributed by atoms with Gasteiger partial charge in [-0.2, -0.15) is 0 Å². The number of hydrogen-bond acceptors (Lipinski definition) is 2. The maximum Gasteiger partial charge on any atom is 0.122 e. The number of aryl methyl sites for hydroxylation is 1. The third-order valence-corrected chi connectivity index (χ3v) is 3.73. The Hall–Kier alpha value is -1.02. The number of benzene rings is 1. The molecule has 108 valence electrons. The minimum Gasteiger partial charge on any atom is -0.489 e. The average Bonchev–Trinajstić information content (AvgIpc) is 2.32. The molecule has 0 amide bonds. The van der Waals surface area contributed by atoms with Crippen molar-refractivity contribution in [2.24, 2.45) is 0 Å². The molecule has 2 unspecified atom stereocenters. The highest BCUT2D eigenvalue weighted by Gasteiger charge is 2.18. The second-order valence-corrected chi connectivity index (χ2v) is 6.36. The highest BCUT2D eigenvalue weighted by atomic mass is 16.5. The Morgan fingerprint density at radius 1 is 1.26 bits per heavy atom. The Morgan fingerprint density at radius 2 is 1.89 bits per heavy atom. The third-order valence-electron chi connectivity index (χ3n) is 3.73. The van der Waals surface area contributed by atoms with Crippen LogP contribution in [0.1, 0.15) is 52.2 Å². The fourth-order valence-corrected chi connectivity index (χ4v) is 2.30. The number of ether oxygens (including phenoxy) is 1. The fraction of sp³-hybridized carbons (Fsp3) is 0.647. The van der Waals surface area contributed by atoms with Gasteiger partial charge in [0.15, 0.2) is 0 Å². The van der Waals surface area contributed by atoms with Gasteiger partial charge in [0.05, 0.1) is 0 Å². The first kappa shape index (κ1) is 16.0. The predicted octanol–water partition coefficient (Wildman–Crippen LogP) is 4.06. The van der Waals surface area contributed by atoms with Crippen LogP contribution in [0.3, 0.4) is 0 Å². The summed E-state index contributed by atoms with van der Waals surface area (Å²) in [5, 5.41) is 3.30. The maximum atomic E-state index is 6.09. The molecule has 0 saturated carbocycles. The molecule has 2 nitrogen and oxygen atoms in total. The lowest BCUT2D eigenvalue weighted by Crippen LogP contribution is -2.38. The molecule has 0 aromatic heterocycles. The van der Waals surface area contributed by atoms with Gasteiger partial charge in [-0.15, -0.1) is 0 Å². The van der Waals surface area contributed by atoms with E-state index in [1.54, 1.807) is 0 Å². The van der Waals surface area contributed by atoms with E-state index >= 15 is 0 Å². The molecule has 1 aromatic rings. The summed E-state index contributed by atoms with van der Waals surface area (Å²) in [5.41, 5.74) is 2.75. The van der Waals surface area contributed by atoms with Crippen LogP contribution >= 0.6 is 0 Å². The molecule has 0 bridgehead atoms. The Morgan fingerprint density at radius 3 is 2.32 bits per heavy atom. The Balaban J connectivity index is 2.86. The molecule has 0 saturated heterocycles. The molecule has 2 atom stereocenters. The molecule has 0 spiro atoms. The molecule has 1 N–H and O–H groups in total. The molecule has 0 aliphatic carbocycles. The molecule has 1 aromatic carbocycles. The van der Waals surface area contributed by atoms with Gasteiger partial charge >= 0.3 is 0 Å². The van der Waals surface area contributed by atoms with Gasteiger partial charge < -0.3 is 10.1 Å². The first-order chi connectivity index (χ1) is 8.79. The van der Waals surface area contributed by atoms with Gasteiger partial charge in [0.1, 0.15) is 11.9 Å². The summed E-state index contributed by atoms with van der Waals surface area (Å²) in [6, 6.07) is 6.91. The first-order valence-electron chi connectivity index (χ1n) is 7.24. The Labute approximate surface area is 118 Å². The molecular weight excluding hydrogens is 234 g/mol. The number of likely N-dealkylation sites (N-methyl/N-ethyl adjacent to an activating group) is 1. The molecule has 0 fully saturated rings. The van der Waals surface area contributed by atoms with Crippen LogP contribution in [0.15, 0.2) is 18.2 Å². The van der Waals surface area contributed by atoms with Crippen molar-refractivity contribution < 1.29 is 4.74 Å². The van der Waals surface area contributed by atoms with Gasteiger partial charge in [0.2, 0.25) is 0 Å². The van der Waals surface area contributed by atoms with Crippen molar-refractivity contribution in [3.63, 3.8) is 0 Å². The molecule has 0 aliphatic heterocycles. The van der Waals surface area contributed by atoms with Crippen LogP contribution in [-0.4, -0.2) is 19.2 Å². The lowest BCUT2D eigenvalue weighted by molar-refractivity contribution is 0.170. The largest absolute Gasteiger partial charge is 0.489 e. The minimum atomic E-state index is 0.175. The number of nitrogens with one attached hydrogen (secondary N) is 1. The monoisotopic (exact) mass is 263 g/mol. The van der Waals surface area contributed by atoms with E-state index in [0.29, 0.717) is 6.04 Å². The molecule has 1 rings (SSSR count). The van der Waals surface area contributed by atoms with E-state index < -0.39 is 0 Å². The summed E-state index contributed by atoms with van der Waals surface area (Å²) in [4.78, 5) is 0. The van der Waals surface area contributed by atoms with Crippen molar-refractivity contribution in [3.05, 3.63) is 29.3 Å². The molecule has 19 heavy (non-hydrogen) atoms. The SMILES string of the molecule is CCC(NC)C(C)Oc1ccc(C(C)(C)C)cc1C. The highest BCUT2D eigenvalue weighted by molar-refractivity contribution is 5.38. The lowest BCUT2D eigenvalue weighted by atomic mass is 9.86. The van der Waals surface area contributed by atoms with Crippen LogP contribution in [0.2, 0.25) is 0 Å². The molecule has 2 heteroatoms. The van der Waals surface area contributed by atoms with E-state index in [4.69, 9.17) is 4.74 Å². The van der Waals surface area contributed by atoms with Crippen LogP contribution in [0.25, 0.3) is 0 Å². The third kappa shape index (κ3) is 4.24. The van der Waals surface area contributed by atoms with Gasteiger partial charge in [0, 0.05) is 6.04 Å². The quantitative estimate of drug-likeness (QED) is 0.865. The van der Waals surface area contributed by atoms with Gasteiger partial charge in [-0.1, -0.05) is 39.8 Å². The lowest BCUT2D eigenvalue weighted by Gasteiger charge is -2.25. The number of hydrogen-bond donors (Lipinski definition) is 1. The van der Waals surface area contributed by atoms with Gasteiger partial charge in [-0.05, 0) is 49.9 Å². The van der Waals surface area contributed by atoms with Crippen LogP contribution in [0, 0.1) is 6.92 Å². The van der Waals surface area contributed by atoms with E-state index in [2.05, 4.69) is 65.1 Å². The van der Waals surface area contributed by atoms with Crippen LogP contribution < -0.4 is 10.1 Å².